The highest BCUT2D eigenvalue weighted by atomic mass is 19.1. The fraction of sp³-hybridized carbons (Fsp3) is 0.333. The third-order valence-electron chi connectivity index (χ3n) is 2.48. The fourth-order valence-corrected chi connectivity index (χ4v) is 1.53. The predicted molar refractivity (Wildman–Crippen MR) is 67.9 cm³/mol. The van der Waals surface area contributed by atoms with Crippen LogP contribution in [0, 0.1) is 5.82 Å². The molecule has 1 rings (SSSR count). The van der Waals surface area contributed by atoms with Crippen LogP contribution in [0.15, 0.2) is 29.4 Å². The average Bonchev–Trinajstić information content (AvgIpc) is 2.45. The van der Waals surface area contributed by atoms with Crippen LogP contribution in [0.3, 0.4) is 0 Å². The van der Waals surface area contributed by atoms with Crippen molar-refractivity contribution in [3.05, 3.63) is 46.1 Å². The molecule has 0 aliphatic rings. The van der Waals surface area contributed by atoms with Crippen LogP contribution in [0.4, 0.5) is 4.39 Å². The van der Waals surface area contributed by atoms with Gasteiger partial charge in [0, 0.05) is 4.91 Å². The summed E-state index contributed by atoms with van der Waals surface area (Å²) in [5.41, 5.74) is 8.69. The van der Waals surface area contributed by atoms with E-state index in [1.165, 1.54) is 31.4 Å². The molecule has 0 aliphatic heterocycles. The molecule has 0 bridgehead atoms. The van der Waals surface area contributed by atoms with Crippen LogP contribution in [-0.2, 0) is 14.3 Å². The molecular weight excluding hydrogens is 267 g/mol. The molecule has 0 heterocycles. The van der Waals surface area contributed by atoms with Gasteiger partial charge in [-0.2, -0.15) is 0 Å². The van der Waals surface area contributed by atoms with Gasteiger partial charge in [-0.25, -0.2) is 4.39 Å². The van der Waals surface area contributed by atoms with E-state index in [4.69, 9.17) is 5.53 Å². The van der Waals surface area contributed by atoms with E-state index in [0.29, 0.717) is 5.56 Å². The van der Waals surface area contributed by atoms with E-state index < -0.39 is 23.7 Å². The summed E-state index contributed by atoms with van der Waals surface area (Å²) in [5.74, 6) is -1.49. The maximum absolute atomic E-state index is 12.9. The van der Waals surface area contributed by atoms with Crippen molar-refractivity contribution in [1.82, 2.24) is 5.32 Å². The minimum atomic E-state index is -0.676. The molecule has 0 unspecified atom stereocenters. The summed E-state index contributed by atoms with van der Waals surface area (Å²) in [6.45, 7) is -0.380. The lowest BCUT2D eigenvalue weighted by atomic mass is 10.0. The first kappa shape index (κ1) is 15.5. The van der Waals surface area contributed by atoms with Crippen LogP contribution in [-0.4, -0.2) is 25.5 Å². The molecule has 106 valence electrons. The van der Waals surface area contributed by atoms with Crippen molar-refractivity contribution in [3.63, 3.8) is 0 Å². The Balaban J connectivity index is 2.84. The van der Waals surface area contributed by atoms with E-state index in [0.717, 1.165) is 0 Å². The van der Waals surface area contributed by atoms with Crippen LogP contribution in [0.1, 0.15) is 18.0 Å². The Morgan fingerprint density at radius 2 is 2.10 bits per heavy atom. The van der Waals surface area contributed by atoms with Crippen molar-refractivity contribution in [2.75, 3.05) is 13.7 Å². The number of benzene rings is 1. The summed E-state index contributed by atoms with van der Waals surface area (Å²) in [7, 11) is 1.23. The lowest BCUT2D eigenvalue weighted by Crippen LogP contribution is -2.31. The Hall–Kier alpha value is -2.60. The Morgan fingerprint density at radius 3 is 2.65 bits per heavy atom. The summed E-state index contributed by atoms with van der Waals surface area (Å²) in [6.07, 6.45) is -0.107. The lowest BCUT2D eigenvalue weighted by molar-refractivity contribution is -0.141. The minimum Gasteiger partial charge on any atom is -0.469 e. The van der Waals surface area contributed by atoms with Crippen LogP contribution >= 0.6 is 0 Å². The van der Waals surface area contributed by atoms with Gasteiger partial charge in [0.15, 0.2) is 0 Å². The zero-order chi connectivity index (χ0) is 15.0. The van der Waals surface area contributed by atoms with Crippen LogP contribution in [0.2, 0.25) is 0 Å². The molecule has 1 aromatic rings. The van der Waals surface area contributed by atoms with E-state index in [1.54, 1.807) is 0 Å². The van der Waals surface area contributed by atoms with Gasteiger partial charge in [-0.15, -0.1) is 0 Å². The Morgan fingerprint density at radius 1 is 1.45 bits per heavy atom. The number of hydrogen-bond donors (Lipinski definition) is 1. The topological polar surface area (TPSA) is 104 Å². The molecule has 0 spiro atoms. The van der Waals surface area contributed by atoms with Gasteiger partial charge in [0.25, 0.3) is 0 Å². The first-order valence-electron chi connectivity index (χ1n) is 5.69. The molecular formula is C12H13FN4O3. The quantitative estimate of drug-likeness (QED) is 0.372. The summed E-state index contributed by atoms with van der Waals surface area (Å²) < 4.78 is 17.4. The van der Waals surface area contributed by atoms with E-state index >= 15 is 0 Å². The summed E-state index contributed by atoms with van der Waals surface area (Å²) in [4.78, 5) is 25.3. The number of nitrogens with one attached hydrogen (secondary N) is 1. The normalized spacial score (nSPS) is 11.1. The standard InChI is InChI=1S/C12H13FN4O3/c1-20-12(19)6-10(16-11(18)7-15-17-14)8-2-4-9(13)5-3-8/h2-5,10H,6-7H2,1H3,(H,16,18)/t10-/m1/s1. The highest BCUT2D eigenvalue weighted by Gasteiger charge is 2.18. The van der Waals surface area contributed by atoms with Crippen molar-refractivity contribution >= 4 is 11.9 Å². The number of carbonyl (C=O) groups excluding carboxylic acids is 2. The van der Waals surface area contributed by atoms with Gasteiger partial charge in [0.2, 0.25) is 5.91 Å². The number of methoxy groups -OCH3 is 1. The molecule has 0 radical (unpaired) electrons. The molecule has 20 heavy (non-hydrogen) atoms. The van der Waals surface area contributed by atoms with E-state index in [1.807, 2.05) is 0 Å². The molecule has 7 nitrogen and oxygen atoms in total. The Bertz CT molecular complexity index is 526. The maximum atomic E-state index is 12.9. The summed E-state index contributed by atoms with van der Waals surface area (Å²) in [5, 5.41) is 5.65. The van der Waals surface area contributed by atoms with Gasteiger partial charge < -0.3 is 10.1 Å². The largest absolute Gasteiger partial charge is 0.469 e. The number of rotatable bonds is 6. The minimum absolute atomic E-state index is 0.107. The van der Waals surface area contributed by atoms with Crippen molar-refractivity contribution in [1.29, 1.82) is 0 Å². The molecule has 0 aliphatic carbocycles. The second kappa shape index (κ2) is 7.75. The maximum Gasteiger partial charge on any atom is 0.307 e. The average molecular weight is 280 g/mol. The number of carbonyl (C=O) groups is 2. The first-order valence-corrected chi connectivity index (χ1v) is 5.69. The van der Waals surface area contributed by atoms with E-state index in [9.17, 15) is 14.0 Å². The summed E-state index contributed by atoms with van der Waals surface area (Å²) >= 11 is 0. The van der Waals surface area contributed by atoms with Gasteiger partial charge in [0.1, 0.15) is 12.4 Å². The zero-order valence-electron chi connectivity index (χ0n) is 10.7. The number of amides is 1. The molecule has 1 atom stereocenters. The van der Waals surface area contributed by atoms with Crippen molar-refractivity contribution in [2.24, 2.45) is 5.11 Å². The SMILES string of the molecule is COC(=O)C[C@@H](NC(=O)CN=[N+]=[N-])c1ccc(F)cc1. The lowest BCUT2D eigenvalue weighted by Gasteiger charge is -2.17. The summed E-state index contributed by atoms with van der Waals surface area (Å²) in [6, 6.07) is 4.68. The first-order chi connectivity index (χ1) is 9.56. The van der Waals surface area contributed by atoms with Crippen LogP contribution in [0.25, 0.3) is 10.4 Å². The number of esters is 1. The number of nitrogens with zero attached hydrogens (tertiary/aromatic N) is 3. The Kier molecular flexibility index (Phi) is 5.99. The molecule has 0 fully saturated rings. The zero-order valence-corrected chi connectivity index (χ0v) is 10.7. The molecule has 0 saturated carbocycles. The predicted octanol–water partition coefficient (Wildman–Crippen LogP) is 1.86. The molecule has 8 heteroatoms. The molecule has 1 aromatic carbocycles. The fourth-order valence-electron chi connectivity index (χ4n) is 1.53. The molecule has 1 N–H and O–H groups in total. The van der Waals surface area contributed by atoms with Crippen LogP contribution in [0.5, 0.6) is 0 Å². The van der Waals surface area contributed by atoms with Gasteiger partial charge in [-0.1, -0.05) is 17.2 Å². The number of halogens is 1. The second-order valence-corrected chi connectivity index (χ2v) is 3.84. The van der Waals surface area contributed by atoms with Crippen molar-refractivity contribution < 1.29 is 18.7 Å². The highest BCUT2D eigenvalue weighted by molar-refractivity contribution is 5.79. The Labute approximate surface area is 114 Å². The van der Waals surface area contributed by atoms with Gasteiger partial charge in [0.05, 0.1) is 19.6 Å². The van der Waals surface area contributed by atoms with Gasteiger partial charge in [-0.3, -0.25) is 9.59 Å². The second-order valence-electron chi connectivity index (χ2n) is 3.84. The molecule has 1 amide bonds. The monoisotopic (exact) mass is 280 g/mol. The van der Waals surface area contributed by atoms with Gasteiger partial charge >= 0.3 is 5.97 Å². The molecule has 0 aromatic heterocycles. The van der Waals surface area contributed by atoms with E-state index in [2.05, 4.69) is 20.1 Å². The van der Waals surface area contributed by atoms with Crippen molar-refractivity contribution in [2.45, 2.75) is 12.5 Å². The van der Waals surface area contributed by atoms with Crippen LogP contribution < -0.4 is 5.32 Å². The van der Waals surface area contributed by atoms with E-state index in [-0.39, 0.29) is 13.0 Å². The highest BCUT2D eigenvalue weighted by Crippen LogP contribution is 2.18. The number of ether oxygens (including phenoxy) is 1. The number of hydrogen-bond acceptors (Lipinski definition) is 4. The molecule has 0 saturated heterocycles. The van der Waals surface area contributed by atoms with Crippen molar-refractivity contribution in [3.8, 4) is 0 Å². The smallest absolute Gasteiger partial charge is 0.307 e. The van der Waals surface area contributed by atoms with Gasteiger partial charge in [-0.05, 0) is 23.2 Å². The third kappa shape index (κ3) is 4.95. The third-order valence-corrected chi connectivity index (χ3v) is 2.48. The number of azide groups is 1.